The molecule has 2 N–H and O–H groups in total. The highest BCUT2D eigenvalue weighted by atomic mass is 16.1. The fourth-order valence-electron chi connectivity index (χ4n) is 0.981. The third kappa shape index (κ3) is 4.18. The van der Waals surface area contributed by atoms with E-state index >= 15 is 0 Å². The Labute approximate surface area is 79.7 Å². The first kappa shape index (κ1) is 12.3. The molecule has 13 heavy (non-hydrogen) atoms. The highest BCUT2D eigenvalue weighted by Gasteiger charge is 2.20. The third-order valence-corrected chi connectivity index (χ3v) is 2.00. The summed E-state index contributed by atoms with van der Waals surface area (Å²) in [6.45, 7) is 7.22. The molecule has 0 fully saturated rings. The van der Waals surface area contributed by atoms with Crippen LogP contribution in [0.5, 0.6) is 0 Å². The number of hydrogen-bond donors (Lipinski definition) is 1. The van der Waals surface area contributed by atoms with Gasteiger partial charge in [0, 0.05) is 18.3 Å². The van der Waals surface area contributed by atoms with Crippen molar-refractivity contribution < 1.29 is 9.59 Å². The quantitative estimate of drug-likeness (QED) is 0.699. The van der Waals surface area contributed by atoms with E-state index in [9.17, 15) is 9.59 Å². The summed E-state index contributed by atoms with van der Waals surface area (Å²) in [4.78, 5) is 22.6. The summed E-state index contributed by atoms with van der Waals surface area (Å²) in [6, 6.07) is -0.616. The second kappa shape index (κ2) is 5.12. The van der Waals surface area contributed by atoms with E-state index in [1.54, 1.807) is 13.8 Å². The van der Waals surface area contributed by atoms with Crippen molar-refractivity contribution in [3.05, 3.63) is 0 Å². The van der Waals surface area contributed by atoms with Crippen molar-refractivity contribution >= 4 is 11.6 Å². The lowest BCUT2D eigenvalue weighted by Gasteiger charge is -2.13. The Kier molecular flexibility index (Phi) is 4.85. The Morgan fingerprint density at radius 2 is 1.54 bits per heavy atom. The van der Waals surface area contributed by atoms with E-state index in [1.165, 1.54) is 0 Å². The molecule has 0 heterocycles. The van der Waals surface area contributed by atoms with Crippen LogP contribution in [0, 0.1) is 11.8 Å². The monoisotopic (exact) mass is 185 g/mol. The summed E-state index contributed by atoms with van der Waals surface area (Å²) in [6.07, 6.45) is 0.175. The molecule has 3 nitrogen and oxygen atoms in total. The fourth-order valence-corrected chi connectivity index (χ4v) is 0.981. The van der Waals surface area contributed by atoms with Crippen LogP contribution in [0.1, 0.15) is 34.1 Å². The fraction of sp³-hybridized carbons (Fsp3) is 0.800. The molecule has 1 unspecified atom stereocenters. The number of carbonyl (C=O) groups excluding carboxylic acids is 2. The van der Waals surface area contributed by atoms with E-state index in [1.807, 2.05) is 13.8 Å². The molecule has 0 aromatic rings. The second-order valence-electron chi connectivity index (χ2n) is 3.99. The van der Waals surface area contributed by atoms with Gasteiger partial charge in [0.15, 0.2) is 5.78 Å². The van der Waals surface area contributed by atoms with Crippen molar-refractivity contribution in [2.75, 3.05) is 0 Å². The van der Waals surface area contributed by atoms with Crippen molar-refractivity contribution in [3.8, 4) is 0 Å². The third-order valence-electron chi connectivity index (χ3n) is 2.00. The van der Waals surface area contributed by atoms with E-state index in [0.29, 0.717) is 0 Å². The van der Waals surface area contributed by atoms with Crippen molar-refractivity contribution in [2.45, 2.75) is 40.2 Å². The number of hydrogen-bond acceptors (Lipinski definition) is 3. The molecule has 0 rings (SSSR count). The van der Waals surface area contributed by atoms with E-state index in [-0.39, 0.29) is 29.8 Å². The molecule has 0 amide bonds. The lowest BCUT2D eigenvalue weighted by atomic mass is 9.95. The molecule has 0 saturated carbocycles. The highest BCUT2D eigenvalue weighted by Crippen LogP contribution is 2.05. The summed E-state index contributed by atoms with van der Waals surface area (Å²) < 4.78 is 0. The molecule has 0 aliphatic heterocycles. The van der Waals surface area contributed by atoms with Crippen LogP contribution in [0.15, 0.2) is 0 Å². The number of Topliss-reactive ketones (excluding diaryl/α,β-unsaturated/α-hetero) is 2. The second-order valence-corrected chi connectivity index (χ2v) is 3.99. The van der Waals surface area contributed by atoms with Gasteiger partial charge in [0.05, 0.1) is 6.04 Å². The van der Waals surface area contributed by atoms with E-state index in [2.05, 4.69) is 0 Å². The van der Waals surface area contributed by atoms with Gasteiger partial charge in [0.25, 0.3) is 0 Å². The van der Waals surface area contributed by atoms with Crippen LogP contribution in [-0.4, -0.2) is 17.6 Å². The van der Waals surface area contributed by atoms with Gasteiger partial charge in [0.2, 0.25) is 0 Å². The molecule has 0 aromatic carbocycles. The van der Waals surface area contributed by atoms with Crippen molar-refractivity contribution in [3.63, 3.8) is 0 Å². The summed E-state index contributed by atoms with van der Waals surface area (Å²) in [7, 11) is 0. The van der Waals surface area contributed by atoms with Crippen molar-refractivity contribution in [1.82, 2.24) is 0 Å². The molecule has 0 aliphatic carbocycles. The van der Waals surface area contributed by atoms with Gasteiger partial charge >= 0.3 is 0 Å². The zero-order valence-corrected chi connectivity index (χ0v) is 8.83. The van der Waals surface area contributed by atoms with Gasteiger partial charge in [-0.25, -0.2) is 0 Å². The number of rotatable bonds is 5. The average molecular weight is 185 g/mol. The van der Waals surface area contributed by atoms with Crippen LogP contribution in [0.25, 0.3) is 0 Å². The predicted molar refractivity (Wildman–Crippen MR) is 52.3 cm³/mol. The Morgan fingerprint density at radius 3 is 1.85 bits per heavy atom. The van der Waals surface area contributed by atoms with E-state index < -0.39 is 6.04 Å². The smallest absolute Gasteiger partial charge is 0.152 e. The van der Waals surface area contributed by atoms with Crippen LogP contribution in [0.3, 0.4) is 0 Å². The van der Waals surface area contributed by atoms with Gasteiger partial charge in [-0.2, -0.15) is 0 Å². The first-order chi connectivity index (χ1) is 5.86. The average Bonchev–Trinajstić information content (AvgIpc) is 2.02. The molecule has 76 valence electrons. The zero-order chi connectivity index (χ0) is 10.6. The van der Waals surface area contributed by atoms with Gasteiger partial charge in [-0.3, -0.25) is 9.59 Å². The van der Waals surface area contributed by atoms with Crippen molar-refractivity contribution in [2.24, 2.45) is 17.6 Å². The normalized spacial score (nSPS) is 13.5. The van der Waals surface area contributed by atoms with Gasteiger partial charge in [-0.15, -0.1) is 0 Å². The van der Waals surface area contributed by atoms with Crippen LogP contribution >= 0.6 is 0 Å². The van der Waals surface area contributed by atoms with Gasteiger partial charge in [-0.05, 0) is 0 Å². The molecule has 0 bridgehead atoms. The van der Waals surface area contributed by atoms with Gasteiger partial charge in [-0.1, -0.05) is 27.7 Å². The zero-order valence-electron chi connectivity index (χ0n) is 8.83. The predicted octanol–water partition coefficient (Wildman–Crippen LogP) is 1.15. The summed E-state index contributed by atoms with van der Waals surface area (Å²) >= 11 is 0. The van der Waals surface area contributed by atoms with Gasteiger partial charge < -0.3 is 5.73 Å². The maximum atomic E-state index is 11.3. The van der Waals surface area contributed by atoms with E-state index in [0.717, 1.165) is 0 Å². The SMILES string of the molecule is CC(C)C(=O)CC(N)C(=O)C(C)C. The molecular weight excluding hydrogens is 166 g/mol. The maximum Gasteiger partial charge on any atom is 0.152 e. The largest absolute Gasteiger partial charge is 0.321 e. The first-order valence-corrected chi connectivity index (χ1v) is 4.68. The number of carbonyl (C=O) groups is 2. The minimum absolute atomic E-state index is 0.0333. The Morgan fingerprint density at radius 1 is 1.08 bits per heavy atom. The molecule has 0 aliphatic rings. The first-order valence-electron chi connectivity index (χ1n) is 4.68. The van der Waals surface area contributed by atoms with Gasteiger partial charge in [0.1, 0.15) is 5.78 Å². The molecule has 3 heteroatoms. The maximum absolute atomic E-state index is 11.3. The lowest BCUT2D eigenvalue weighted by Crippen LogP contribution is -2.36. The molecule has 0 spiro atoms. The lowest BCUT2D eigenvalue weighted by molar-refractivity contribution is -0.128. The molecular formula is C10H19NO2. The molecule has 1 atom stereocenters. The van der Waals surface area contributed by atoms with Crippen LogP contribution < -0.4 is 5.73 Å². The summed E-state index contributed by atoms with van der Waals surface area (Å²) in [5.74, 6) is -0.100. The van der Waals surface area contributed by atoms with Crippen LogP contribution in [-0.2, 0) is 9.59 Å². The molecule has 0 aromatic heterocycles. The van der Waals surface area contributed by atoms with E-state index in [4.69, 9.17) is 5.73 Å². The topological polar surface area (TPSA) is 60.2 Å². The minimum atomic E-state index is -0.616. The number of ketones is 2. The minimum Gasteiger partial charge on any atom is -0.321 e. The van der Waals surface area contributed by atoms with Crippen LogP contribution in [0.4, 0.5) is 0 Å². The highest BCUT2D eigenvalue weighted by molar-refractivity contribution is 5.91. The summed E-state index contributed by atoms with van der Waals surface area (Å²) in [5, 5.41) is 0. The summed E-state index contributed by atoms with van der Waals surface area (Å²) in [5.41, 5.74) is 5.59. The standard InChI is InChI=1S/C10H19NO2/c1-6(2)9(12)5-8(11)10(13)7(3)4/h6-8H,5,11H2,1-4H3. The van der Waals surface area contributed by atoms with Crippen LogP contribution in [0.2, 0.25) is 0 Å². The molecule has 0 radical (unpaired) electrons. The Bertz CT molecular complexity index is 197. The number of nitrogens with two attached hydrogens (primary N) is 1. The Balaban J connectivity index is 4.08. The Hall–Kier alpha value is -0.700. The molecule has 0 saturated heterocycles. The van der Waals surface area contributed by atoms with Crippen molar-refractivity contribution in [1.29, 1.82) is 0 Å².